The average Bonchev–Trinajstić information content (AvgIpc) is 1.57. The number of ether oxygens (including phenoxy) is 6. The van der Waals surface area contributed by atoms with Crippen LogP contribution in [0.4, 0.5) is 22.7 Å². The number of hydrogen-bond acceptors (Lipinski definition) is 21. The van der Waals surface area contributed by atoms with Gasteiger partial charge in [-0.15, -0.1) is 12.3 Å². The number of carbonyl (C=O) groups is 4. The van der Waals surface area contributed by atoms with Gasteiger partial charge in [0.05, 0.1) is 66.6 Å². The van der Waals surface area contributed by atoms with Crippen LogP contribution in [0.5, 0.6) is 0 Å². The monoisotopic (exact) mass is 1430 g/mol. The van der Waals surface area contributed by atoms with Crippen LogP contribution >= 0.6 is 0 Å². The lowest BCUT2D eigenvalue weighted by Gasteiger charge is -2.36. The van der Waals surface area contributed by atoms with Crippen LogP contribution in [-0.2, 0) is 38.4 Å². The zero-order valence-corrected chi connectivity index (χ0v) is 61.1. The number of anilines is 4. The minimum atomic E-state index is -3.20. The number of esters is 4. The summed E-state index contributed by atoms with van der Waals surface area (Å²) >= 11 is 0. The van der Waals surface area contributed by atoms with Crippen molar-refractivity contribution in [3.63, 3.8) is 0 Å². The van der Waals surface area contributed by atoms with Crippen LogP contribution in [0.2, 0.25) is 0 Å². The highest BCUT2D eigenvalue weighted by Gasteiger charge is 2.34. The molecule has 26 nitrogen and oxygen atoms in total. The molecule has 552 valence electrons. The van der Waals surface area contributed by atoms with Crippen LogP contribution in [0.25, 0.3) is 44.1 Å². The molecule has 8 aromatic heterocycles. The fourth-order valence-corrected chi connectivity index (χ4v) is 15.3. The second kappa shape index (κ2) is 37.4. The van der Waals surface area contributed by atoms with E-state index in [1.54, 1.807) is 38.8 Å². The third kappa shape index (κ3) is 20.3. The van der Waals surface area contributed by atoms with E-state index in [1.165, 1.54) is 26.1 Å². The topological polar surface area (TPSA) is 344 Å². The number of aromatic amines is 4. The Balaban J connectivity index is 0.000000159. The van der Waals surface area contributed by atoms with Crippen LogP contribution in [-0.4, -0.2) is 180 Å². The molecule has 4 saturated carbocycles. The molecule has 4 aliphatic carbocycles. The highest BCUT2D eigenvalue weighted by molar-refractivity contribution is 7.89. The van der Waals surface area contributed by atoms with E-state index >= 15 is 0 Å². The van der Waals surface area contributed by atoms with E-state index in [9.17, 15) is 32.7 Å². The van der Waals surface area contributed by atoms with Gasteiger partial charge in [-0.3, -0.25) is 0 Å². The predicted octanol–water partition coefficient (Wildman–Crippen LogP) is 12.2. The Morgan fingerprint density at radius 1 is 0.627 bits per heavy atom. The summed E-state index contributed by atoms with van der Waals surface area (Å²) in [5, 5.41) is 24.3. The lowest BCUT2D eigenvalue weighted by Crippen LogP contribution is -2.38. The van der Waals surface area contributed by atoms with Gasteiger partial charge in [0.25, 0.3) is 0 Å². The molecule has 27 heteroatoms. The number of H-pyrrole nitrogens is 4. The SMILES string of the molecule is C#CCC1CC(Nc2c(C(=O)OCC)cnc3[nH]ccc23)CCC1O.CCCOC1CCC(Nc2c(C(=O)OCCOC)cnc3[nH]ccc23)C1.CCOC(=O)c1cnc2[nH]ccc2c1NC1CCCC(C)C1.CNS(=O)(=O)CC1CCC(N(C)c2c(C(=O)OC(C)C)cnc3[nH]ccc23)CC1. The largest absolute Gasteiger partial charge is 0.462 e. The lowest BCUT2D eigenvalue weighted by molar-refractivity contribution is 0.0373. The number of carbonyl (C=O) groups excluding carboxylic acids is 4. The molecule has 4 aliphatic rings. The summed E-state index contributed by atoms with van der Waals surface area (Å²) in [5.41, 5.74) is 7.99. The third-order valence-corrected chi connectivity index (χ3v) is 20.9. The first kappa shape index (κ1) is 77.4. The van der Waals surface area contributed by atoms with Crippen molar-refractivity contribution in [1.82, 2.24) is 44.6 Å². The molecule has 0 aromatic carbocycles. The maximum absolute atomic E-state index is 12.7. The van der Waals surface area contributed by atoms with Gasteiger partial charge in [-0.1, -0.05) is 26.7 Å². The van der Waals surface area contributed by atoms with E-state index in [2.05, 4.69) is 85.2 Å². The standard InChI is InChI=1S/C20H30N4O4S.C19H27N3O4.C19H23N3O3.C17H23N3O2/c1-13(2)28-20(25)17-11-23-19-16(9-10-22-19)18(17)24(4)15-7-5-14(6-8-15)12-29(26,27)21-3;1-3-8-25-14-5-4-13(11-14)22-17-15-6-7-20-18(15)21-12-16(17)19(23)26-10-9-24-2;1-3-5-12-10-13(6-7-16(12)23)22-17-14-8-9-20-18(14)21-11-15(17)19(24)25-4-2;1-3-22-17(21)14-10-19-16-13(7-8-18-16)15(14)20-12-6-4-5-11(2)9-12/h9-11,13-15,21H,5-8,12H2,1-4H3,(H,22,23);6-7,12-14H,3-5,8-11H2,1-2H3,(H2,20,21,22);1,8-9,11-13,16,23H,4-7,10H2,2H3,(H2,20,21,22);7-8,10-12H,3-6,9H2,1-2H3,(H2,18,19,20). The Hall–Kier alpha value is -8.81. The summed E-state index contributed by atoms with van der Waals surface area (Å²) in [7, 11) is 1.82. The van der Waals surface area contributed by atoms with E-state index in [0.717, 1.165) is 151 Å². The molecule has 0 radical (unpaired) electrons. The first-order valence-electron chi connectivity index (χ1n) is 36.0. The number of aromatic nitrogens is 8. The van der Waals surface area contributed by atoms with E-state index in [1.807, 2.05) is 70.7 Å². The zero-order valence-electron chi connectivity index (χ0n) is 60.3. The van der Waals surface area contributed by atoms with Crippen molar-refractivity contribution in [2.24, 2.45) is 17.8 Å². The van der Waals surface area contributed by atoms with Gasteiger partial charge in [0.15, 0.2) is 0 Å². The summed E-state index contributed by atoms with van der Waals surface area (Å²) < 4.78 is 58.0. The van der Waals surface area contributed by atoms with Crippen molar-refractivity contribution in [2.75, 3.05) is 80.8 Å². The molecule has 0 bridgehead atoms. The molecule has 7 atom stereocenters. The maximum Gasteiger partial charge on any atom is 0.342 e. The average molecular weight is 1430 g/mol. The van der Waals surface area contributed by atoms with Gasteiger partial charge in [-0.2, -0.15) is 0 Å². The number of hydrogen-bond donors (Lipinski definition) is 9. The number of nitrogens with one attached hydrogen (secondary N) is 8. The fourth-order valence-electron chi connectivity index (χ4n) is 14.2. The van der Waals surface area contributed by atoms with E-state index in [4.69, 9.17) is 34.8 Å². The molecular weight excluding hydrogens is 1320 g/mol. The minimum absolute atomic E-state index is 0.0749. The van der Waals surface area contributed by atoms with Gasteiger partial charge in [0.1, 0.15) is 51.4 Å². The molecule has 8 aromatic rings. The van der Waals surface area contributed by atoms with Crippen LogP contribution in [0.3, 0.4) is 0 Å². The highest BCUT2D eigenvalue weighted by Crippen LogP contribution is 2.39. The van der Waals surface area contributed by atoms with Crippen molar-refractivity contribution in [1.29, 1.82) is 0 Å². The number of aliphatic hydroxyl groups is 1. The quantitative estimate of drug-likeness (QED) is 0.0111. The Morgan fingerprint density at radius 2 is 1.12 bits per heavy atom. The number of pyridine rings is 4. The predicted molar refractivity (Wildman–Crippen MR) is 397 cm³/mol. The molecule has 7 unspecified atom stereocenters. The summed E-state index contributed by atoms with van der Waals surface area (Å²) in [5.74, 6) is 2.29. The second-order valence-corrected chi connectivity index (χ2v) is 29.0. The summed E-state index contributed by atoms with van der Waals surface area (Å²) in [4.78, 5) is 81.5. The van der Waals surface area contributed by atoms with Gasteiger partial charge >= 0.3 is 23.9 Å². The fraction of sp³-hybridized carbons (Fsp3) is 0.547. The Bertz CT molecular complexity index is 4210. The van der Waals surface area contributed by atoms with E-state index in [0.29, 0.717) is 66.6 Å². The second-order valence-electron chi connectivity index (χ2n) is 27.1. The van der Waals surface area contributed by atoms with Crippen molar-refractivity contribution in [2.45, 2.75) is 187 Å². The minimum Gasteiger partial charge on any atom is -0.462 e. The highest BCUT2D eigenvalue weighted by atomic mass is 32.2. The van der Waals surface area contributed by atoms with Crippen LogP contribution in [0, 0.1) is 30.1 Å². The molecule has 0 aliphatic heterocycles. The summed E-state index contributed by atoms with van der Waals surface area (Å²) in [6.07, 6.45) is 33.7. The number of methoxy groups -OCH3 is 1. The van der Waals surface area contributed by atoms with E-state index < -0.39 is 22.0 Å². The Kier molecular flexibility index (Phi) is 28.4. The molecule has 0 saturated heterocycles. The third-order valence-electron chi connectivity index (χ3n) is 19.3. The Morgan fingerprint density at radius 3 is 1.61 bits per heavy atom. The number of sulfonamides is 1. The van der Waals surface area contributed by atoms with Crippen molar-refractivity contribution in [3.05, 3.63) is 96.1 Å². The van der Waals surface area contributed by atoms with Gasteiger partial charge in [0, 0.05) is 122 Å². The van der Waals surface area contributed by atoms with Gasteiger partial charge in [-0.05, 0) is 160 Å². The molecular formula is C75H103N13O13S. The zero-order chi connectivity index (χ0) is 72.9. The molecule has 9 N–H and O–H groups in total. The normalized spacial score (nSPS) is 21.1. The van der Waals surface area contributed by atoms with Crippen molar-refractivity contribution in [3.8, 4) is 12.3 Å². The van der Waals surface area contributed by atoms with Crippen molar-refractivity contribution < 1.29 is 61.1 Å². The molecule has 8 heterocycles. The van der Waals surface area contributed by atoms with Gasteiger partial charge in [-0.25, -0.2) is 52.3 Å². The molecule has 102 heavy (non-hydrogen) atoms. The number of fused-ring (bicyclic) bond motifs is 4. The number of aliphatic hydroxyl groups excluding tert-OH is 1. The molecule has 12 rings (SSSR count). The molecule has 4 fully saturated rings. The van der Waals surface area contributed by atoms with Gasteiger partial charge in [0.2, 0.25) is 10.0 Å². The van der Waals surface area contributed by atoms with Crippen molar-refractivity contribution >= 4 is 101 Å². The van der Waals surface area contributed by atoms with Crippen LogP contribution in [0.1, 0.15) is 186 Å². The molecule has 0 spiro atoms. The summed E-state index contributed by atoms with van der Waals surface area (Å²) in [6.45, 7) is 13.7. The maximum atomic E-state index is 12.7. The number of terminal acetylenes is 1. The van der Waals surface area contributed by atoms with Crippen LogP contribution in [0.15, 0.2) is 73.8 Å². The smallest absolute Gasteiger partial charge is 0.342 e. The van der Waals surface area contributed by atoms with Crippen LogP contribution < -0.4 is 25.6 Å². The first-order chi connectivity index (χ1) is 49.3. The lowest BCUT2D eigenvalue weighted by atomic mass is 9.81. The first-order valence-corrected chi connectivity index (χ1v) is 37.6. The summed E-state index contributed by atoms with van der Waals surface area (Å²) in [6, 6.07) is 8.72. The van der Waals surface area contributed by atoms with E-state index in [-0.39, 0.29) is 72.6 Å². The number of nitrogens with zero attached hydrogens (tertiary/aromatic N) is 5. The van der Waals surface area contributed by atoms with Gasteiger partial charge < -0.3 is 74.3 Å². The number of rotatable bonds is 25. The Labute approximate surface area is 597 Å². The molecule has 0 amide bonds.